The molecule has 1 aliphatic heterocycles. The van der Waals surface area contributed by atoms with Crippen LogP contribution in [0.3, 0.4) is 0 Å². The van der Waals surface area contributed by atoms with Crippen LogP contribution in [0.5, 0.6) is 5.75 Å². The molecule has 1 aromatic heterocycles. The van der Waals surface area contributed by atoms with Crippen molar-refractivity contribution in [2.45, 2.75) is 19.4 Å². The van der Waals surface area contributed by atoms with Crippen molar-refractivity contribution in [2.24, 2.45) is 5.92 Å². The van der Waals surface area contributed by atoms with E-state index in [0.717, 1.165) is 0 Å². The van der Waals surface area contributed by atoms with E-state index in [1.807, 2.05) is 0 Å². The Morgan fingerprint density at radius 2 is 1.86 bits per heavy atom. The lowest BCUT2D eigenvalue weighted by Gasteiger charge is -2.22. The molecule has 0 spiro atoms. The van der Waals surface area contributed by atoms with E-state index in [2.05, 4.69) is 4.98 Å². The standard InChI is InChI=1S/C15H14N2O5/c18-10-4-1-8(2-5-10)13-16-12(15(21)22)11-6-3-9(14(19)20)7-17(11)13/h1-2,4-5,9,18H,3,6-7H2,(H,19,20)(H,21,22). The molecule has 1 atom stereocenters. The molecule has 114 valence electrons. The molecule has 0 radical (unpaired) electrons. The summed E-state index contributed by atoms with van der Waals surface area (Å²) < 4.78 is 1.66. The number of nitrogens with zero attached hydrogens (tertiary/aromatic N) is 2. The van der Waals surface area contributed by atoms with Crippen molar-refractivity contribution in [3.8, 4) is 17.1 Å². The van der Waals surface area contributed by atoms with E-state index >= 15 is 0 Å². The van der Waals surface area contributed by atoms with Crippen molar-refractivity contribution in [1.82, 2.24) is 9.55 Å². The first-order valence-electron chi connectivity index (χ1n) is 6.82. The summed E-state index contributed by atoms with van der Waals surface area (Å²) >= 11 is 0. The van der Waals surface area contributed by atoms with Gasteiger partial charge in [-0.15, -0.1) is 0 Å². The van der Waals surface area contributed by atoms with Gasteiger partial charge in [0.25, 0.3) is 0 Å². The lowest BCUT2D eigenvalue weighted by molar-refractivity contribution is -0.142. The Balaban J connectivity index is 2.12. The SMILES string of the molecule is O=C(O)c1nc(-c2ccc(O)cc2)n2c1CCC(C(=O)O)C2. The molecule has 0 bridgehead atoms. The van der Waals surface area contributed by atoms with Crippen LogP contribution in [0.4, 0.5) is 0 Å². The first-order chi connectivity index (χ1) is 10.5. The van der Waals surface area contributed by atoms with Crippen LogP contribution in [0.15, 0.2) is 24.3 Å². The fourth-order valence-electron chi connectivity index (χ4n) is 2.76. The van der Waals surface area contributed by atoms with Crippen LogP contribution in [0.25, 0.3) is 11.4 Å². The van der Waals surface area contributed by atoms with Gasteiger partial charge in [-0.25, -0.2) is 9.78 Å². The second kappa shape index (κ2) is 5.18. The highest BCUT2D eigenvalue weighted by atomic mass is 16.4. The van der Waals surface area contributed by atoms with Gasteiger partial charge in [0.1, 0.15) is 11.6 Å². The molecule has 2 heterocycles. The summed E-state index contributed by atoms with van der Waals surface area (Å²) in [6, 6.07) is 6.21. The average molecular weight is 302 g/mol. The van der Waals surface area contributed by atoms with E-state index in [0.29, 0.717) is 29.9 Å². The first-order valence-corrected chi connectivity index (χ1v) is 6.82. The van der Waals surface area contributed by atoms with Gasteiger partial charge in [-0.1, -0.05) is 0 Å². The van der Waals surface area contributed by atoms with Gasteiger partial charge < -0.3 is 19.9 Å². The molecule has 0 aliphatic carbocycles. The van der Waals surface area contributed by atoms with Gasteiger partial charge in [-0.2, -0.15) is 0 Å². The Hall–Kier alpha value is -2.83. The molecular formula is C15H14N2O5. The van der Waals surface area contributed by atoms with Crippen LogP contribution in [-0.4, -0.2) is 36.8 Å². The Morgan fingerprint density at radius 1 is 1.18 bits per heavy atom. The lowest BCUT2D eigenvalue weighted by atomic mass is 9.97. The average Bonchev–Trinajstić information content (AvgIpc) is 2.87. The molecular weight excluding hydrogens is 288 g/mol. The number of benzene rings is 1. The molecule has 1 aromatic carbocycles. The van der Waals surface area contributed by atoms with Gasteiger partial charge in [0.05, 0.1) is 11.6 Å². The highest BCUT2D eigenvalue weighted by Crippen LogP contribution is 2.30. The summed E-state index contributed by atoms with van der Waals surface area (Å²) in [5.74, 6) is -2.07. The van der Waals surface area contributed by atoms with Gasteiger partial charge in [0.15, 0.2) is 5.69 Å². The second-order valence-electron chi connectivity index (χ2n) is 5.27. The number of aromatic hydroxyl groups is 1. The zero-order valence-electron chi connectivity index (χ0n) is 11.6. The van der Waals surface area contributed by atoms with Gasteiger partial charge in [0, 0.05) is 12.1 Å². The number of carboxylic acid groups (broad SMARTS) is 2. The number of rotatable bonds is 3. The summed E-state index contributed by atoms with van der Waals surface area (Å²) in [6.07, 6.45) is 0.764. The minimum absolute atomic E-state index is 0.0353. The Bertz CT molecular complexity index is 748. The van der Waals surface area contributed by atoms with Crippen LogP contribution in [0.1, 0.15) is 22.6 Å². The lowest BCUT2D eigenvalue weighted by Crippen LogP contribution is -2.27. The number of phenolic OH excluding ortho intramolecular Hbond substituents is 1. The third-order valence-corrected chi connectivity index (χ3v) is 3.88. The fraction of sp³-hybridized carbons (Fsp3) is 0.267. The van der Waals surface area contributed by atoms with Crippen LogP contribution in [0.2, 0.25) is 0 Å². The molecule has 7 heteroatoms. The molecule has 2 aromatic rings. The van der Waals surface area contributed by atoms with E-state index in [4.69, 9.17) is 0 Å². The van der Waals surface area contributed by atoms with E-state index in [1.165, 1.54) is 12.1 Å². The molecule has 0 saturated carbocycles. The topological polar surface area (TPSA) is 113 Å². The number of carbonyl (C=O) groups is 2. The van der Waals surface area contributed by atoms with Gasteiger partial charge in [-0.3, -0.25) is 4.79 Å². The molecule has 0 fully saturated rings. The van der Waals surface area contributed by atoms with Crippen LogP contribution in [0, 0.1) is 5.92 Å². The van der Waals surface area contributed by atoms with Crippen molar-refractivity contribution in [2.75, 3.05) is 0 Å². The summed E-state index contributed by atoms with van der Waals surface area (Å²) in [5, 5.41) is 27.8. The molecule has 3 N–H and O–H groups in total. The zero-order valence-corrected chi connectivity index (χ0v) is 11.6. The van der Waals surface area contributed by atoms with Gasteiger partial charge >= 0.3 is 11.9 Å². The largest absolute Gasteiger partial charge is 0.508 e. The zero-order chi connectivity index (χ0) is 15.9. The quantitative estimate of drug-likeness (QED) is 0.793. The maximum atomic E-state index is 11.4. The molecule has 0 amide bonds. The van der Waals surface area contributed by atoms with Gasteiger partial charge in [-0.05, 0) is 37.1 Å². The maximum Gasteiger partial charge on any atom is 0.356 e. The number of fused-ring (bicyclic) bond motifs is 1. The normalized spacial score (nSPS) is 17.0. The molecule has 3 rings (SSSR count). The predicted octanol–water partition coefficient (Wildman–Crippen LogP) is 1.60. The highest BCUT2D eigenvalue weighted by Gasteiger charge is 2.31. The van der Waals surface area contributed by atoms with Crippen molar-refractivity contribution in [3.63, 3.8) is 0 Å². The number of aromatic nitrogens is 2. The minimum Gasteiger partial charge on any atom is -0.508 e. The number of hydrogen-bond donors (Lipinski definition) is 3. The number of aromatic carboxylic acids is 1. The van der Waals surface area contributed by atoms with Crippen LogP contribution in [-0.2, 0) is 17.8 Å². The molecule has 1 aliphatic rings. The highest BCUT2D eigenvalue weighted by molar-refractivity contribution is 5.88. The van der Waals surface area contributed by atoms with Gasteiger partial charge in [0.2, 0.25) is 0 Å². The predicted molar refractivity (Wildman–Crippen MR) is 75.7 cm³/mol. The number of aliphatic carboxylic acids is 1. The van der Waals surface area contributed by atoms with E-state index < -0.39 is 17.9 Å². The molecule has 0 saturated heterocycles. The number of hydrogen-bond acceptors (Lipinski definition) is 4. The van der Waals surface area contributed by atoms with E-state index in [9.17, 15) is 24.9 Å². The van der Waals surface area contributed by atoms with Crippen molar-refractivity contribution >= 4 is 11.9 Å². The second-order valence-corrected chi connectivity index (χ2v) is 5.27. The maximum absolute atomic E-state index is 11.4. The summed E-state index contributed by atoms with van der Waals surface area (Å²) in [5.41, 5.74) is 1.15. The number of carboxylic acids is 2. The van der Waals surface area contributed by atoms with Crippen molar-refractivity contribution in [1.29, 1.82) is 0 Å². The molecule has 7 nitrogen and oxygen atoms in total. The summed E-state index contributed by atoms with van der Waals surface area (Å²) in [4.78, 5) is 26.7. The number of imidazole rings is 1. The monoisotopic (exact) mass is 302 g/mol. The van der Waals surface area contributed by atoms with Crippen molar-refractivity contribution in [3.05, 3.63) is 35.7 Å². The molecule has 22 heavy (non-hydrogen) atoms. The Kier molecular flexibility index (Phi) is 3.32. The smallest absolute Gasteiger partial charge is 0.356 e. The van der Waals surface area contributed by atoms with Crippen molar-refractivity contribution < 1.29 is 24.9 Å². The molecule has 1 unspecified atom stereocenters. The van der Waals surface area contributed by atoms with E-state index in [-0.39, 0.29) is 18.0 Å². The third-order valence-electron chi connectivity index (χ3n) is 3.88. The fourth-order valence-corrected chi connectivity index (χ4v) is 2.76. The third kappa shape index (κ3) is 2.30. The first kappa shape index (κ1) is 14.1. The van der Waals surface area contributed by atoms with Crippen LogP contribution >= 0.6 is 0 Å². The Labute approximate surface area is 125 Å². The summed E-state index contributed by atoms with van der Waals surface area (Å²) in [7, 11) is 0. The van der Waals surface area contributed by atoms with Crippen LogP contribution < -0.4 is 0 Å². The summed E-state index contributed by atoms with van der Waals surface area (Å²) in [6.45, 7) is 0.196. The van der Waals surface area contributed by atoms with E-state index in [1.54, 1.807) is 16.7 Å². The Morgan fingerprint density at radius 3 is 2.45 bits per heavy atom. The minimum atomic E-state index is -1.12. The number of phenols is 1.